The average molecular weight is 353 g/mol. The Morgan fingerprint density at radius 2 is 1.62 bits per heavy atom. The molecule has 1 aromatic rings. The Morgan fingerprint density at radius 3 is 2.08 bits per heavy atom. The van der Waals surface area contributed by atoms with Crippen LogP contribution in [0.4, 0.5) is 0 Å². The molecule has 1 amide bonds. The van der Waals surface area contributed by atoms with E-state index in [1.54, 1.807) is 19.2 Å². The van der Waals surface area contributed by atoms with Crippen molar-refractivity contribution >= 4 is 15.9 Å². The first-order chi connectivity index (χ1) is 11.1. The molecule has 1 aromatic carbocycles. The van der Waals surface area contributed by atoms with E-state index in [0.29, 0.717) is 17.4 Å². The minimum Gasteiger partial charge on any atom is -0.338 e. The van der Waals surface area contributed by atoms with E-state index in [1.165, 1.54) is 16.4 Å². The van der Waals surface area contributed by atoms with Crippen LogP contribution in [-0.4, -0.2) is 49.7 Å². The number of benzene rings is 1. The van der Waals surface area contributed by atoms with Gasteiger partial charge in [0.15, 0.2) is 0 Å². The zero-order valence-corrected chi connectivity index (χ0v) is 16.0. The summed E-state index contributed by atoms with van der Waals surface area (Å²) in [5, 5.41) is 0. The molecule has 1 fully saturated rings. The molecule has 0 aromatic heterocycles. The Kier molecular flexibility index (Phi) is 5.71. The van der Waals surface area contributed by atoms with Crippen molar-refractivity contribution in [2.75, 3.05) is 20.1 Å². The van der Waals surface area contributed by atoms with E-state index in [2.05, 4.69) is 13.8 Å². The predicted molar refractivity (Wildman–Crippen MR) is 95.4 cm³/mol. The molecule has 2 rings (SSSR count). The first kappa shape index (κ1) is 18.9. The lowest BCUT2D eigenvalue weighted by molar-refractivity contribution is 0.0623. The van der Waals surface area contributed by atoms with E-state index in [9.17, 15) is 13.2 Å². The number of piperidine rings is 1. The van der Waals surface area contributed by atoms with Crippen LogP contribution in [0.2, 0.25) is 0 Å². The van der Waals surface area contributed by atoms with Gasteiger partial charge in [-0.05, 0) is 56.4 Å². The first-order valence-electron chi connectivity index (χ1n) is 8.50. The predicted octanol–water partition coefficient (Wildman–Crippen LogP) is 2.83. The number of nitrogens with zero attached hydrogens (tertiary/aromatic N) is 2. The highest BCUT2D eigenvalue weighted by atomic mass is 32.2. The maximum atomic E-state index is 12.7. The van der Waals surface area contributed by atoms with Crippen molar-refractivity contribution in [3.63, 3.8) is 0 Å². The summed E-state index contributed by atoms with van der Waals surface area (Å²) < 4.78 is 26.3. The van der Waals surface area contributed by atoms with Crippen molar-refractivity contribution in [2.45, 2.75) is 45.1 Å². The van der Waals surface area contributed by atoms with Crippen LogP contribution >= 0.6 is 0 Å². The van der Waals surface area contributed by atoms with Crippen LogP contribution in [0.1, 0.15) is 44.5 Å². The summed E-state index contributed by atoms with van der Waals surface area (Å²) >= 11 is 0. The number of carbonyl (C=O) groups is 1. The van der Waals surface area contributed by atoms with Crippen LogP contribution in [-0.2, 0) is 10.0 Å². The summed E-state index contributed by atoms with van der Waals surface area (Å²) in [5.74, 6) is 0.976. The molecule has 6 heteroatoms. The lowest BCUT2D eigenvalue weighted by atomic mass is 9.91. The van der Waals surface area contributed by atoms with Gasteiger partial charge in [0.2, 0.25) is 10.0 Å². The molecule has 0 spiro atoms. The van der Waals surface area contributed by atoms with Crippen molar-refractivity contribution < 1.29 is 13.2 Å². The zero-order valence-electron chi connectivity index (χ0n) is 15.2. The lowest BCUT2D eigenvalue weighted by Gasteiger charge is -2.35. The van der Waals surface area contributed by atoms with Crippen LogP contribution in [0, 0.1) is 11.8 Å². The third kappa shape index (κ3) is 3.98. The molecule has 1 saturated heterocycles. The quantitative estimate of drug-likeness (QED) is 0.837. The summed E-state index contributed by atoms with van der Waals surface area (Å²) in [6.07, 6.45) is 1.14. The van der Waals surface area contributed by atoms with Crippen molar-refractivity contribution in [3.8, 4) is 0 Å². The number of rotatable bonds is 4. The summed E-state index contributed by atoms with van der Waals surface area (Å²) in [6.45, 7) is 9.50. The topological polar surface area (TPSA) is 57.7 Å². The van der Waals surface area contributed by atoms with E-state index >= 15 is 0 Å². The van der Waals surface area contributed by atoms with Gasteiger partial charge in [0.25, 0.3) is 5.91 Å². The first-order valence-corrected chi connectivity index (χ1v) is 9.94. The zero-order chi connectivity index (χ0) is 18.1. The Bertz CT molecular complexity index is 673. The monoisotopic (exact) mass is 352 g/mol. The standard InChI is InChI=1S/C18H28N2O3S/c1-13(2)19(5)24(22,23)17-8-6-16(7-9-17)18(21)20-11-14(3)10-15(4)12-20/h6-9,13-15H,10-12H2,1-5H3. The molecular weight excluding hydrogens is 324 g/mol. The van der Waals surface area contributed by atoms with E-state index in [-0.39, 0.29) is 16.8 Å². The molecule has 0 aliphatic carbocycles. The van der Waals surface area contributed by atoms with Crippen molar-refractivity contribution in [1.29, 1.82) is 0 Å². The maximum absolute atomic E-state index is 12.7. The minimum absolute atomic E-state index is 0.0189. The molecule has 0 radical (unpaired) electrons. The van der Waals surface area contributed by atoms with Crippen molar-refractivity contribution in [3.05, 3.63) is 29.8 Å². The van der Waals surface area contributed by atoms with Gasteiger partial charge in [0.05, 0.1) is 4.90 Å². The second kappa shape index (κ2) is 7.23. The van der Waals surface area contributed by atoms with Crippen LogP contribution in [0.15, 0.2) is 29.2 Å². The normalized spacial score (nSPS) is 22.2. The number of sulfonamides is 1. The third-order valence-corrected chi connectivity index (χ3v) is 6.71. The molecule has 1 heterocycles. The SMILES string of the molecule is CC1CC(C)CN(C(=O)c2ccc(S(=O)(=O)N(C)C(C)C)cc2)C1. The molecule has 0 bridgehead atoms. The highest BCUT2D eigenvalue weighted by molar-refractivity contribution is 7.89. The number of likely N-dealkylation sites (tertiary alicyclic amines) is 1. The highest BCUT2D eigenvalue weighted by Gasteiger charge is 2.27. The Labute approximate surface area is 145 Å². The van der Waals surface area contributed by atoms with Gasteiger partial charge in [0, 0.05) is 31.7 Å². The molecule has 134 valence electrons. The molecule has 0 N–H and O–H groups in total. The van der Waals surface area contributed by atoms with Crippen LogP contribution in [0.25, 0.3) is 0 Å². The fourth-order valence-corrected chi connectivity index (χ4v) is 4.59. The highest BCUT2D eigenvalue weighted by Crippen LogP contribution is 2.23. The summed E-state index contributed by atoms with van der Waals surface area (Å²) in [6, 6.07) is 6.17. The largest absolute Gasteiger partial charge is 0.338 e. The van der Waals surface area contributed by atoms with Gasteiger partial charge in [-0.1, -0.05) is 13.8 Å². The maximum Gasteiger partial charge on any atom is 0.253 e. The average Bonchev–Trinajstić information content (AvgIpc) is 2.52. The molecule has 1 aliphatic rings. The Balaban J connectivity index is 2.19. The third-order valence-electron chi connectivity index (χ3n) is 4.66. The molecule has 24 heavy (non-hydrogen) atoms. The number of amides is 1. The molecule has 2 unspecified atom stereocenters. The Morgan fingerprint density at radius 1 is 1.12 bits per heavy atom. The van der Waals surface area contributed by atoms with Crippen LogP contribution in [0.5, 0.6) is 0 Å². The molecule has 1 aliphatic heterocycles. The number of hydrogen-bond donors (Lipinski definition) is 0. The van der Waals surface area contributed by atoms with Gasteiger partial charge in [-0.25, -0.2) is 8.42 Å². The van der Waals surface area contributed by atoms with Gasteiger partial charge in [0.1, 0.15) is 0 Å². The van der Waals surface area contributed by atoms with Crippen LogP contribution < -0.4 is 0 Å². The number of carbonyl (C=O) groups excluding carboxylic acids is 1. The molecular formula is C18H28N2O3S. The molecule has 5 nitrogen and oxygen atoms in total. The summed E-state index contributed by atoms with van der Waals surface area (Å²) in [4.78, 5) is 14.8. The molecule has 0 saturated carbocycles. The summed E-state index contributed by atoms with van der Waals surface area (Å²) in [5.41, 5.74) is 0.544. The molecule has 2 atom stereocenters. The van der Waals surface area contributed by atoms with Crippen LogP contribution in [0.3, 0.4) is 0 Å². The van der Waals surface area contributed by atoms with Crippen molar-refractivity contribution in [1.82, 2.24) is 9.21 Å². The van der Waals surface area contributed by atoms with E-state index < -0.39 is 10.0 Å². The summed E-state index contributed by atoms with van der Waals surface area (Å²) in [7, 11) is -1.95. The fourth-order valence-electron chi connectivity index (χ4n) is 3.22. The van der Waals surface area contributed by atoms with E-state index in [1.807, 2.05) is 18.7 Å². The van der Waals surface area contributed by atoms with Gasteiger partial charge < -0.3 is 4.90 Å². The van der Waals surface area contributed by atoms with Gasteiger partial charge in [-0.3, -0.25) is 4.79 Å². The lowest BCUT2D eigenvalue weighted by Crippen LogP contribution is -2.42. The second-order valence-electron chi connectivity index (χ2n) is 7.30. The van der Waals surface area contributed by atoms with Crippen molar-refractivity contribution in [2.24, 2.45) is 11.8 Å². The van der Waals surface area contributed by atoms with Gasteiger partial charge in [-0.15, -0.1) is 0 Å². The van der Waals surface area contributed by atoms with Gasteiger partial charge in [-0.2, -0.15) is 4.31 Å². The van der Waals surface area contributed by atoms with E-state index in [0.717, 1.165) is 19.5 Å². The Hall–Kier alpha value is -1.40. The number of hydrogen-bond acceptors (Lipinski definition) is 3. The van der Waals surface area contributed by atoms with Gasteiger partial charge >= 0.3 is 0 Å². The second-order valence-corrected chi connectivity index (χ2v) is 9.29. The fraction of sp³-hybridized carbons (Fsp3) is 0.611. The minimum atomic E-state index is -3.51. The smallest absolute Gasteiger partial charge is 0.253 e. The van der Waals surface area contributed by atoms with E-state index in [4.69, 9.17) is 0 Å².